The van der Waals surface area contributed by atoms with E-state index in [4.69, 9.17) is 5.73 Å². The van der Waals surface area contributed by atoms with Crippen molar-refractivity contribution in [2.45, 2.75) is 26.3 Å². The molecule has 0 saturated heterocycles. The fraction of sp³-hybridized carbons (Fsp3) is 0.333. The van der Waals surface area contributed by atoms with Gasteiger partial charge in [0.25, 0.3) is 5.91 Å². The molecule has 0 bridgehead atoms. The van der Waals surface area contributed by atoms with Crippen LogP contribution in [0.3, 0.4) is 0 Å². The van der Waals surface area contributed by atoms with Gasteiger partial charge in [-0.2, -0.15) is 5.10 Å². The van der Waals surface area contributed by atoms with Crippen molar-refractivity contribution >= 4 is 23.2 Å². The summed E-state index contributed by atoms with van der Waals surface area (Å²) >= 11 is 0. The Labute approximate surface area is 123 Å². The molecule has 0 aliphatic heterocycles. The molecule has 0 fully saturated rings. The highest BCUT2D eigenvalue weighted by molar-refractivity contribution is 5.88. The van der Waals surface area contributed by atoms with Gasteiger partial charge < -0.3 is 5.73 Å². The van der Waals surface area contributed by atoms with Crippen LogP contribution in [0.5, 0.6) is 0 Å². The first kappa shape index (κ1) is 15.1. The Morgan fingerprint density at radius 2 is 2.05 bits per heavy atom. The zero-order chi connectivity index (χ0) is 15.2. The molecular weight excluding hydrogens is 266 g/mol. The number of hydrogen-bond donors (Lipinski definition) is 2. The number of nitrogens with two attached hydrogens (primary N) is 1. The average Bonchev–Trinajstić information content (AvgIpc) is 2.46. The van der Waals surface area contributed by atoms with Gasteiger partial charge in [0, 0.05) is 12.4 Å². The van der Waals surface area contributed by atoms with Gasteiger partial charge in [0.1, 0.15) is 0 Å². The Morgan fingerprint density at radius 1 is 1.33 bits per heavy atom. The molecule has 0 aliphatic carbocycles. The number of aromatic nitrogens is 2. The van der Waals surface area contributed by atoms with E-state index in [0.29, 0.717) is 12.3 Å². The first-order valence-corrected chi connectivity index (χ1v) is 6.85. The molecule has 1 aromatic carbocycles. The summed E-state index contributed by atoms with van der Waals surface area (Å²) in [5.41, 5.74) is 10.7. The molecule has 0 unspecified atom stereocenters. The number of benzene rings is 1. The van der Waals surface area contributed by atoms with Gasteiger partial charge >= 0.3 is 0 Å². The van der Waals surface area contributed by atoms with Crippen LogP contribution >= 0.6 is 0 Å². The normalized spacial score (nSPS) is 13.0. The molecule has 0 aliphatic rings. The van der Waals surface area contributed by atoms with E-state index >= 15 is 0 Å². The van der Waals surface area contributed by atoms with Crippen LogP contribution in [0, 0.1) is 5.92 Å². The maximum Gasteiger partial charge on any atom is 0.256 e. The van der Waals surface area contributed by atoms with E-state index in [-0.39, 0.29) is 5.91 Å². The molecular formula is C15H19N5O. The van der Waals surface area contributed by atoms with Crippen molar-refractivity contribution in [1.29, 1.82) is 0 Å². The molecule has 3 N–H and O–H groups in total. The summed E-state index contributed by atoms with van der Waals surface area (Å²) in [5.74, 6) is 0.0920. The lowest BCUT2D eigenvalue weighted by molar-refractivity contribution is -0.122. The van der Waals surface area contributed by atoms with Gasteiger partial charge in [-0.1, -0.05) is 19.9 Å². The van der Waals surface area contributed by atoms with Crippen molar-refractivity contribution < 1.29 is 4.79 Å². The number of carbonyl (C=O) groups excluding carboxylic acids is 1. The zero-order valence-corrected chi connectivity index (χ0v) is 12.2. The van der Waals surface area contributed by atoms with Crippen LogP contribution < -0.4 is 11.2 Å². The van der Waals surface area contributed by atoms with Crippen molar-refractivity contribution in [3.05, 3.63) is 36.2 Å². The third-order valence-electron chi connectivity index (χ3n) is 2.94. The summed E-state index contributed by atoms with van der Waals surface area (Å²) in [6.07, 6.45) is 5.48. The standard InChI is InChI=1S/C15H19N5O/c1-10(2)7-12(16)15(21)20-19-9-11-3-4-13-14(8-11)18-6-5-17-13/h3-6,8-10,12H,7,16H2,1-2H3,(H,20,21)/t12-/m1/s1. The maximum atomic E-state index is 11.7. The number of nitrogens with one attached hydrogen (secondary N) is 1. The molecule has 2 rings (SSSR count). The molecule has 6 nitrogen and oxygen atoms in total. The molecule has 1 heterocycles. The minimum absolute atomic E-state index is 0.277. The quantitative estimate of drug-likeness (QED) is 0.642. The van der Waals surface area contributed by atoms with Crippen LogP contribution in [0.1, 0.15) is 25.8 Å². The Balaban J connectivity index is 1.98. The molecule has 110 valence electrons. The zero-order valence-electron chi connectivity index (χ0n) is 12.2. The predicted octanol–water partition coefficient (Wildman–Crippen LogP) is 1.45. The number of hydrogen-bond acceptors (Lipinski definition) is 5. The van der Waals surface area contributed by atoms with Crippen molar-refractivity contribution in [2.75, 3.05) is 0 Å². The van der Waals surface area contributed by atoms with Crippen LogP contribution in [0.4, 0.5) is 0 Å². The summed E-state index contributed by atoms with van der Waals surface area (Å²) in [7, 11) is 0. The molecule has 2 aromatic rings. The lowest BCUT2D eigenvalue weighted by Gasteiger charge is -2.11. The van der Waals surface area contributed by atoms with Crippen LogP contribution in [-0.4, -0.2) is 28.1 Å². The smallest absolute Gasteiger partial charge is 0.256 e. The van der Waals surface area contributed by atoms with Gasteiger partial charge in [0.2, 0.25) is 0 Å². The highest BCUT2D eigenvalue weighted by Crippen LogP contribution is 2.09. The van der Waals surface area contributed by atoms with Gasteiger partial charge in [-0.25, -0.2) is 5.43 Å². The predicted molar refractivity (Wildman–Crippen MR) is 82.7 cm³/mol. The second kappa shape index (κ2) is 6.90. The number of hydrazone groups is 1. The lowest BCUT2D eigenvalue weighted by Crippen LogP contribution is -2.39. The molecule has 0 radical (unpaired) electrons. The largest absolute Gasteiger partial charge is 0.320 e. The average molecular weight is 285 g/mol. The van der Waals surface area contributed by atoms with E-state index in [0.717, 1.165) is 16.6 Å². The Morgan fingerprint density at radius 3 is 2.76 bits per heavy atom. The van der Waals surface area contributed by atoms with Crippen LogP contribution in [-0.2, 0) is 4.79 Å². The monoisotopic (exact) mass is 285 g/mol. The molecule has 6 heteroatoms. The van der Waals surface area contributed by atoms with E-state index in [9.17, 15) is 4.79 Å². The molecule has 0 spiro atoms. The molecule has 1 amide bonds. The number of nitrogens with zero attached hydrogens (tertiary/aromatic N) is 3. The fourth-order valence-electron chi connectivity index (χ4n) is 1.93. The fourth-order valence-corrected chi connectivity index (χ4v) is 1.93. The van der Waals surface area contributed by atoms with Crippen LogP contribution in [0.2, 0.25) is 0 Å². The van der Waals surface area contributed by atoms with Crippen LogP contribution in [0.25, 0.3) is 11.0 Å². The third-order valence-corrected chi connectivity index (χ3v) is 2.94. The van der Waals surface area contributed by atoms with Gasteiger partial charge in [-0.05, 0) is 30.0 Å². The minimum atomic E-state index is -0.537. The maximum absolute atomic E-state index is 11.7. The van der Waals surface area contributed by atoms with E-state index in [1.54, 1.807) is 18.6 Å². The summed E-state index contributed by atoms with van der Waals surface area (Å²) in [6.45, 7) is 4.04. The molecule has 0 saturated carbocycles. The molecule has 1 aromatic heterocycles. The minimum Gasteiger partial charge on any atom is -0.320 e. The van der Waals surface area contributed by atoms with Crippen LogP contribution in [0.15, 0.2) is 35.7 Å². The first-order valence-electron chi connectivity index (χ1n) is 6.85. The number of fused-ring (bicyclic) bond motifs is 1. The Kier molecular flexibility index (Phi) is 4.94. The second-order valence-electron chi connectivity index (χ2n) is 5.27. The number of amides is 1. The van der Waals surface area contributed by atoms with E-state index in [1.165, 1.54) is 0 Å². The molecule has 21 heavy (non-hydrogen) atoms. The number of carbonyl (C=O) groups is 1. The van der Waals surface area contributed by atoms with E-state index in [1.807, 2.05) is 32.0 Å². The topological polar surface area (TPSA) is 93.3 Å². The van der Waals surface area contributed by atoms with Crippen molar-refractivity contribution in [1.82, 2.24) is 15.4 Å². The van der Waals surface area contributed by atoms with E-state index in [2.05, 4.69) is 20.5 Å². The highest BCUT2D eigenvalue weighted by atomic mass is 16.2. The third kappa shape index (κ3) is 4.32. The van der Waals surface area contributed by atoms with Crippen molar-refractivity contribution in [3.8, 4) is 0 Å². The summed E-state index contributed by atoms with van der Waals surface area (Å²) in [4.78, 5) is 20.1. The highest BCUT2D eigenvalue weighted by Gasteiger charge is 2.13. The summed E-state index contributed by atoms with van der Waals surface area (Å²) in [6, 6.07) is 5.03. The molecule has 1 atom stereocenters. The lowest BCUT2D eigenvalue weighted by atomic mass is 10.0. The van der Waals surface area contributed by atoms with Gasteiger partial charge in [-0.3, -0.25) is 14.8 Å². The Bertz CT molecular complexity index is 653. The SMILES string of the molecule is CC(C)C[C@@H](N)C(=O)NN=Cc1ccc2nccnc2c1. The van der Waals surface area contributed by atoms with Gasteiger partial charge in [0.05, 0.1) is 23.3 Å². The summed E-state index contributed by atoms with van der Waals surface area (Å²) in [5, 5.41) is 3.92. The number of rotatable bonds is 5. The van der Waals surface area contributed by atoms with E-state index < -0.39 is 6.04 Å². The van der Waals surface area contributed by atoms with Gasteiger partial charge in [-0.15, -0.1) is 0 Å². The first-order chi connectivity index (χ1) is 10.1. The Hall–Kier alpha value is -2.34. The van der Waals surface area contributed by atoms with Gasteiger partial charge in [0.15, 0.2) is 0 Å². The van der Waals surface area contributed by atoms with Crippen molar-refractivity contribution in [2.24, 2.45) is 16.8 Å². The summed E-state index contributed by atoms with van der Waals surface area (Å²) < 4.78 is 0. The second-order valence-corrected chi connectivity index (χ2v) is 5.27. The van der Waals surface area contributed by atoms with Crippen molar-refractivity contribution in [3.63, 3.8) is 0 Å².